The lowest BCUT2D eigenvalue weighted by atomic mass is 10.0. The van der Waals surface area contributed by atoms with Crippen molar-refractivity contribution in [3.05, 3.63) is 20.9 Å². The average Bonchev–Trinajstić information content (AvgIpc) is 2.46. The number of anilines is 1. The summed E-state index contributed by atoms with van der Waals surface area (Å²) in [6.07, 6.45) is 0.726. The molecule has 1 heterocycles. The third-order valence-electron chi connectivity index (χ3n) is 2.96. The Balaban J connectivity index is 2.77. The van der Waals surface area contributed by atoms with E-state index in [-0.39, 0.29) is 26.6 Å². The molecule has 0 fully saturated rings. The molecule has 3 N–H and O–H groups in total. The molecule has 0 aliphatic rings. The number of esters is 1. The quantitative estimate of drug-likeness (QED) is 0.615. The van der Waals surface area contributed by atoms with E-state index in [2.05, 4.69) is 10.3 Å². The van der Waals surface area contributed by atoms with Crippen LogP contribution in [0.2, 0.25) is 15.2 Å². The lowest BCUT2D eigenvalue weighted by molar-refractivity contribution is -0.125. The van der Waals surface area contributed by atoms with Gasteiger partial charge in [0, 0.05) is 5.54 Å². The van der Waals surface area contributed by atoms with E-state index in [0.717, 1.165) is 6.42 Å². The SMILES string of the molecule is CCC(C)(C)NC(=O)COC(=O)c1nc(Cl)c(Cl)c(N)c1Cl. The van der Waals surface area contributed by atoms with E-state index in [4.69, 9.17) is 45.3 Å². The predicted molar refractivity (Wildman–Crippen MR) is 86.5 cm³/mol. The van der Waals surface area contributed by atoms with Crippen LogP contribution in [0.4, 0.5) is 5.69 Å². The standard InChI is InChI=1S/C13H16Cl3N3O3/c1-4-13(2,3)19-6(20)5-22-12(21)10-7(14)9(17)8(15)11(16)18-10/h4-5H2,1-3H3,(H2,17,18)(H,19,20). The number of nitrogens with two attached hydrogens (primary N) is 1. The van der Waals surface area contributed by atoms with Crippen LogP contribution in [0.5, 0.6) is 0 Å². The molecule has 0 spiro atoms. The molecule has 0 radical (unpaired) electrons. The molecule has 0 aliphatic heterocycles. The fraction of sp³-hybridized carbons (Fsp3) is 0.462. The molecule has 1 rings (SSSR count). The number of aromatic nitrogens is 1. The van der Waals surface area contributed by atoms with Crippen molar-refractivity contribution >= 4 is 52.4 Å². The van der Waals surface area contributed by atoms with E-state index in [1.54, 1.807) is 0 Å². The van der Waals surface area contributed by atoms with Crippen molar-refractivity contribution in [2.45, 2.75) is 32.7 Å². The van der Waals surface area contributed by atoms with Gasteiger partial charge in [-0.3, -0.25) is 4.79 Å². The third-order valence-corrected chi connectivity index (χ3v) is 4.10. The summed E-state index contributed by atoms with van der Waals surface area (Å²) < 4.78 is 4.86. The highest BCUT2D eigenvalue weighted by atomic mass is 35.5. The smallest absolute Gasteiger partial charge is 0.359 e. The van der Waals surface area contributed by atoms with Gasteiger partial charge < -0.3 is 15.8 Å². The lowest BCUT2D eigenvalue weighted by Crippen LogP contribution is -2.44. The number of carbonyl (C=O) groups excluding carboxylic acids is 2. The largest absolute Gasteiger partial charge is 0.451 e. The highest BCUT2D eigenvalue weighted by Gasteiger charge is 2.23. The molecule has 0 unspecified atom stereocenters. The summed E-state index contributed by atoms with van der Waals surface area (Å²) in [6.45, 7) is 5.16. The van der Waals surface area contributed by atoms with Crippen molar-refractivity contribution in [3.63, 3.8) is 0 Å². The van der Waals surface area contributed by atoms with Crippen molar-refractivity contribution in [1.82, 2.24) is 10.3 Å². The van der Waals surface area contributed by atoms with Gasteiger partial charge in [0.1, 0.15) is 5.02 Å². The Hall–Kier alpha value is -1.24. The van der Waals surface area contributed by atoms with Gasteiger partial charge in [-0.1, -0.05) is 41.7 Å². The highest BCUT2D eigenvalue weighted by molar-refractivity contribution is 6.46. The third kappa shape index (κ3) is 4.63. The van der Waals surface area contributed by atoms with Gasteiger partial charge in [0.15, 0.2) is 17.5 Å². The fourth-order valence-electron chi connectivity index (χ4n) is 1.37. The molecule has 0 aliphatic carbocycles. The van der Waals surface area contributed by atoms with Crippen LogP contribution in [0, 0.1) is 0 Å². The number of pyridine rings is 1. The van der Waals surface area contributed by atoms with Gasteiger partial charge in [-0.15, -0.1) is 0 Å². The topological polar surface area (TPSA) is 94.3 Å². The van der Waals surface area contributed by atoms with Gasteiger partial charge in [-0.05, 0) is 20.3 Å². The zero-order valence-electron chi connectivity index (χ0n) is 12.3. The Labute approximate surface area is 143 Å². The molecule has 22 heavy (non-hydrogen) atoms. The minimum Gasteiger partial charge on any atom is -0.451 e. The summed E-state index contributed by atoms with van der Waals surface area (Å²) in [5.41, 5.74) is 4.84. The van der Waals surface area contributed by atoms with Crippen LogP contribution >= 0.6 is 34.8 Å². The first kappa shape index (κ1) is 18.8. The molecule has 9 heteroatoms. The Morgan fingerprint density at radius 2 is 1.86 bits per heavy atom. The predicted octanol–water partition coefficient (Wildman–Crippen LogP) is 3.09. The summed E-state index contributed by atoms with van der Waals surface area (Å²) in [5, 5.41) is 2.32. The number of hydrogen-bond donors (Lipinski definition) is 2. The van der Waals surface area contributed by atoms with Crippen LogP contribution < -0.4 is 11.1 Å². The summed E-state index contributed by atoms with van der Waals surface area (Å²) in [7, 11) is 0. The Kier molecular flexibility index (Phi) is 6.28. The number of amides is 1. The van der Waals surface area contributed by atoms with Crippen LogP contribution in [0.15, 0.2) is 0 Å². The number of nitrogens with one attached hydrogen (secondary N) is 1. The molecular formula is C13H16Cl3N3O3. The van der Waals surface area contributed by atoms with Gasteiger partial charge in [0.05, 0.1) is 10.7 Å². The molecule has 0 aromatic carbocycles. The van der Waals surface area contributed by atoms with Gasteiger partial charge in [-0.2, -0.15) is 0 Å². The lowest BCUT2D eigenvalue weighted by Gasteiger charge is -2.24. The van der Waals surface area contributed by atoms with Crippen molar-refractivity contribution in [1.29, 1.82) is 0 Å². The van der Waals surface area contributed by atoms with Crippen LogP contribution in [-0.4, -0.2) is 29.0 Å². The Morgan fingerprint density at radius 3 is 2.41 bits per heavy atom. The maximum absolute atomic E-state index is 11.9. The van der Waals surface area contributed by atoms with Crippen molar-refractivity contribution in [3.8, 4) is 0 Å². The number of nitrogen functional groups attached to an aromatic ring is 1. The molecular weight excluding hydrogens is 353 g/mol. The second-order valence-corrected chi connectivity index (χ2v) is 6.27. The van der Waals surface area contributed by atoms with Crippen LogP contribution in [-0.2, 0) is 9.53 Å². The van der Waals surface area contributed by atoms with Gasteiger partial charge in [0.25, 0.3) is 5.91 Å². The molecule has 0 bridgehead atoms. The molecule has 0 saturated carbocycles. The van der Waals surface area contributed by atoms with Gasteiger partial charge in [-0.25, -0.2) is 9.78 Å². The van der Waals surface area contributed by atoms with Gasteiger partial charge >= 0.3 is 5.97 Å². The zero-order chi connectivity index (χ0) is 17.1. The van der Waals surface area contributed by atoms with Crippen LogP contribution in [0.1, 0.15) is 37.7 Å². The molecule has 0 saturated heterocycles. The normalized spacial score (nSPS) is 11.2. The van der Waals surface area contributed by atoms with Crippen LogP contribution in [0.3, 0.4) is 0 Å². The van der Waals surface area contributed by atoms with Gasteiger partial charge in [0.2, 0.25) is 0 Å². The summed E-state index contributed by atoms with van der Waals surface area (Å²) in [5.74, 6) is -1.36. The monoisotopic (exact) mass is 367 g/mol. The first-order valence-electron chi connectivity index (χ1n) is 6.37. The highest BCUT2D eigenvalue weighted by Crippen LogP contribution is 2.34. The van der Waals surface area contributed by atoms with Crippen LogP contribution in [0.25, 0.3) is 0 Å². The van der Waals surface area contributed by atoms with Crippen molar-refractivity contribution < 1.29 is 14.3 Å². The van der Waals surface area contributed by atoms with E-state index in [9.17, 15) is 9.59 Å². The number of hydrogen-bond acceptors (Lipinski definition) is 5. The average molecular weight is 369 g/mol. The number of carbonyl (C=O) groups is 2. The van der Waals surface area contributed by atoms with Crippen molar-refractivity contribution in [2.75, 3.05) is 12.3 Å². The summed E-state index contributed by atoms with van der Waals surface area (Å²) in [6, 6.07) is 0. The fourth-order valence-corrected chi connectivity index (χ4v) is 1.95. The first-order valence-corrected chi connectivity index (χ1v) is 7.50. The maximum atomic E-state index is 11.9. The molecule has 0 atom stereocenters. The van der Waals surface area contributed by atoms with E-state index in [1.807, 2.05) is 20.8 Å². The molecule has 1 aromatic rings. The minimum absolute atomic E-state index is 0.0503. The zero-order valence-corrected chi connectivity index (χ0v) is 14.6. The second-order valence-electron chi connectivity index (χ2n) is 5.15. The van der Waals surface area contributed by atoms with Crippen molar-refractivity contribution in [2.24, 2.45) is 0 Å². The second kappa shape index (κ2) is 7.35. The van der Waals surface area contributed by atoms with E-state index < -0.39 is 24.0 Å². The van der Waals surface area contributed by atoms with E-state index in [0.29, 0.717) is 0 Å². The number of ether oxygens (including phenoxy) is 1. The maximum Gasteiger partial charge on any atom is 0.359 e. The van der Waals surface area contributed by atoms with E-state index in [1.165, 1.54) is 0 Å². The first-order chi connectivity index (χ1) is 10.1. The minimum atomic E-state index is -0.917. The summed E-state index contributed by atoms with van der Waals surface area (Å²) >= 11 is 17.4. The number of halogens is 3. The molecule has 1 amide bonds. The number of nitrogens with zero attached hydrogens (tertiary/aromatic N) is 1. The molecule has 1 aromatic heterocycles. The summed E-state index contributed by atoms with van der Waals surface area (Å²) in [4.78, 5) is 27.3. The Bertz CT molecular complexity index is 606. The van der Waals surface area contributed by atoms with E-state index >= 15 is 0 Å². The Morgan fingerprint density at radius 1 is 1.27 bits per heavy atom. The molecule has 6 nitrogen and oxygen atoms in total. The number of rotatable bonds is 5. The molecule has 122 valence electrons.